The van der Waals surface area contributed by atoms with Crippen LogP contribution in [0.1, 0.15) is 5.56 Å². The van der Waals surface area contributed by atoms with Crippen molar-refractivity contribution in [3.63, 3.8) is 0 Å². The van der Waals surface area contributed by atoms with Crippen LogP contribution in [0.4, 0.5) is 0 Å². The Morgan fingerprint density at radius 1 is 0.875 bits per heavy atom. The highest BCUT2D eigenvalue weighted by Gasteiger charge is 2.14. The van der Waals surface area contributed by atoms with Crippen LogP contribution in [-0.4, -0.2) is 16.7 Å². The van der Waals surface area contributed by atoms with Crippen molar-refractivity contribution in [1.82, 2.24) is 9.55 Å². The smallest absolute Gasteiger partial charge is 0.145 e. The largest absolute Gasteiger partial charge is 0.497 e. The van der Waals surface area contributed by atoms with E-state index in [1.54, 1.807) is 7.11 Å². The summed E-state index contributed by atoms with van der Waals surface area (Å²) in [6, 6.07) is 24.7. The predicted octanol–water partition coefficient (Wildman–Crippen LogP) is 5.01. The molecule has 0 saturated heterocycles. The predicted molar refractivity (Wildman–Crippen MR) is 97.8 cm³/mol. The average Bonchev–Trinajstić information content (AvgIpc) is 3.01. The molecule has 3 heteroatoms. The lowest BCUT2D eigenvalue weighted by Crippen LogP contribution is -1.97. The molecule has 24 heavy (non-hydrogen) atoms. The first kappa shape index (κ1) is 14.5. The summed E-state index contributed by atoms with van der Waals surface area (Å²) in [5, 5.41) is 0. The van der Waals surface area contributed by atoms with Crippen molar-refractivity contribution >= 4 is 11.0 Å². The second-order valence-corrected chi connectivity index (χ2v) is 5.83. The van der Waals surface area contributed by atoms with Gasteiger partial charge in [-0.2, -0.15) is 0 Å². The molecule has 118 valence electrons. The molecule has 0 spiro atoms. The first-order valence-corrected chi connectivity index (χ1v) is 7.95. The Labute approximate surface area is 141 Å². The van der Waals surface area contributed by atoms with Crippen molar-refractivity contribution in [3.8, 4) is 22.8 Å². The molecule has 1 aromatic heterocycles. The molecule has 0 saturated carbocycles. The van der Waals surface area contributed by atoms with E-state index in [0.29, 0.717) is 0 Å². The van der Waals surface area contributed by atoms with Gasteiger partial charge in [0.15, 0.2) is 0 Å². The normalized spacial score (nSPS) is 10.9. The Balaban J connectivity index is 2.01. The van der Waals surface area contributed by atoms with Crippen molar-refractivity contribution in [3.05, 3.63) is 78.4 Å². The van der Waals surface area contributed by atoms with Gasteiger partial charge < -0.3 is 4.74 Å². The third-order valence-electron chi connectivity index (χ3n) is 4.17. The van der Waals surface area contributed by atoms with E-state index in [1.165, 1.54) is 5.56 Å². The molecule has 0 aliphatic heterocycles. The van der Waals surface area contributed by atoms with Crippen LogP contribution in [0.15, 0.2) is 72.8 Å². The Kier molecular flexibility index (Phi) is 3.54. The van der Waals surface area contributed by atoms with E-state index in [1.807, 2.05) is 30.3 Å². The molecule has 0 amide bonds. The first-order chi connectivity index (χ1) is 11.8. The Bertz CT molecular complexity index is 986. The van der Waals surface area contributed by atoms with Gasteiger partial charge in [-0.15, -0.1) is 0 Å². The quantitative estimate of drug-likeness (QED) is 0.531. The lowest BCUT2D eigenvalue weighted by molar-refractivity contribution is 0.415. The number of aromatic nitrogens is 2. The number of rotatable bonds is 3. The zero-order chi connectivity index (χ0) is 16.5. The van der Waals surface area contributed by atoms with Crippen molar-refractivity contribution in [1.29, 1.82) is 0 Å². The van der Waals surface area contributed by atoms with Gasteiger partial charge in [-0.3, -0.25) is 4.57 Å². The second-order valence-electron chi connectivity index (χ2n) is 5.83. The molecule has 1 heterocycles. The Morgan fingerprint density at radius 2 is 1.62 bits per heavy atom. The average molecular weight is 314 g/mol. The molecular weight excluding hydrogens is 296 g/mol. The summed E-state index contributed by atoms with van der Waals surface area (Å²) in [4.78, 5) is 4.87. The van der Waals surface area contributed by atoms with Crippen LogP contribution in [0, 0.1) is 6.92 Å². The summed E-state index contributed by atoms with van der Waals surface area (Å²) >= 11 is 0. The van der Waals surface area contributed by atoms with Gasteiger partial charge in [-0.25, -0.2) is 4.98 Å². The molecule has 0 bridgehead atoms. The van der Waals surface area contributed by atoms with Crippen molar-refractivity contribution < 1.29 is 4.74 Å². The lowest BCUT2D eigenvalue weighted by atomic mass is 10.2. The molecule has 4 rings (SSSR count). The van der Waals surface area contributed by atoms with Gasteiger partial charge in [-0.1, -0.05) is 36.4 Å². The van der Waals surface area contributed by atoms with Gasteiger partial charge in [0.2, 0.25) is 0 Å². The number of ether oxygens (including phenoxy) is 1. The van der Waals surface area contributed by atoms with E-state index in [-0.39, 0.29) is 0 Å². The molecule has 0 unspecified atom stereocenters. The molecule has 0 atom stereocenters. The fourth-order valence-electron chi connectivity index (χ4n) is 2.96. The maximum atomic E-state index is 5.28. The fraction of sp³-hybridized carbons (Fsp3) is 0.0952. The Morgan fingerprint density at radius 3 is 2.33 bits per heavy atom. The van der Waals surface area contributed by atoms with Crippen LogP contribution in [0.25, 0.3) is 28.1 Å². The van der Waals surface area contributed by atoms with Gasteiger partial charge in [0.05, 0.1) is 18.1 Å². The van der Waals surface area contributed by atoms with Crippen LogP contribution >= 0.6 is 0 Å². The SMILES string of the molecule is COc1ccc(-n2c(-c3ccccc3)nc3ccc(C)cc32)cc1. The molecular formula is C21H18N2O. The van der Waals surface area contributed by atoms with Crippen LogP contribution in [0.5, 0.6) is 5.75 Å². The summed E-state index contributed by atoms with van der Waals surface area (Å²) in [5.74, 6) is 1.79. The summed E-state index contributed by atoms with van der Waals surface area (Å²) in [7, 11) is 1.68. The van der Waals surface area contributed by atoms with Crippen LogP contribution in [-0.2, 0) is 0 Å². The van der Waals surface area contributed by atoms with E-state index < -0.39 is 0 Å². The van der Waals surface area contributed by atoms with E-state index in [9.17, 15) is 0 Å². The van der Waals surface area contributed by atoms with Gasteiger partial charge in [0.25, 0.3) is 0 Å². The van der Waals surface area contributed by atoms with Crippen LogP contribution in [0.3, 0.4) is 0 Å². The number of fused-ring (bicyclic) bond motifs is 1. The van der Waals surface area contributed by atoms with Gasteiger partial charge >= 0.3 is 0 Å². The number of methoxy groups -OCH3 is 1. The summed E-state index contributed by atoms with van der Waals surface area (Å²) < 4.78 is 7.49. The highest BCUT2D eigenvalue weighted by atomic mass is 16.5. The minimum absolute atomic E-state index is 0.848. The Hall–Kier alpha value is -3.07. The van der Waals surface area contributed by atoms with E-state index in [0.717, 1.165) is 33.9 Å². The maximum Gasteiger partial charge on any atom is 0.145 e. The zero-order valence-electron chi connectivity index (χ0n) is 13.7. The highest BCUT2D eigenvalue weighted by molar-refractivity contribution is 5.83. The molecule has 0 radical (unpaired) electrons. The molecule has 0 aliphatic carbocycles. The summed E-state index contributed by atoms with van der Waals surface area (Å²) in [6.07, 6.45) is 0. The van der Waals surface area contributed by atoms with Gasteiger partial charge in [-0.05, 0) is 48.9 Å². The topological polar surface area (TPSA) is 27.1 Å². The fourth-order valence-corrected chi connectivity index (χ4v) is 2.96. The summed E-state index contributed by atoms with van der Waals surface area (Å²) in [6.45, 7) is 2.10. The number of hydrogen-bond acceptors (Lipinski definition) is 2. The summed E-state index contributed by atoms with van der Waals surface area (Å²) in [5.41, 5.74) is 5.50. The van der Waals surface area contributed by atoms with Crippen LogP contribution < -0.4 is 4.74 Å². The molecule has 0 N–H and O–H groups in total. The number of hydrogen-bond donors (Lipinski definition) is 0. The van der Waals surface area contributed by atoms with Crippen molar-refractivity contribution in [2.75, 3.05) is 7.11 Å². The lowest BCUT2D eigenvalue weighted by Gasteiger charge is -2.10. The van der Waals surface area contributed by atoms with E-state index >= 15 is 0 Å². The molecule has 3 nitrogen and oxygen atoms in total. The minimum atomic E-state index is 0.848. The molecule has 4 aromatic rings. The number of imidazole rings is 1. The third kappa shape index (κ3) is 2.44. The number of aryl methyl sites for hydroxylation is 1. The van der Waals surface area contributed by atoms with Crippen molar-refractivity contribution in [2.45, 2.75) is 6.92 Å². The highest BCUT2D eigenvalue weighted by Crippen LogP contribution is 2.29. The van der Waals surface area contributed by atoms with E-state index in [4.69, 9.17) is 9.72 Å². The molecule has 0 aliphatic rings. The van der Waals surface area contributed by atoms with Gasteiger partial charge in [0.1, 0.15) is 11.6 Å². The first-order valence-electron chi connectivity index (χ1n) is 7.95. The number of benzene rings is 3. The number of nitrogens with zero attached hydrogens (tertiary/aromatic N) is 2. The monoisotopic (exact) mass is 314 g/mol. The third-order valence-corrected chi connectivity index (χ3v) is 4.17. The molecule has 0 fully saturated rings. The van der Waals surface area contributed by atoms with E-state index in [2.05, 4.69) is 54.0 Å². The molecule has 3 aromatic carbocycles. The second kappa shape index (κ2) is 5.85. The standard InChI is InChI=1S/C21H18N2O/c1-15-8-13-19-20(14-15)23(17-9-11-18(24-2)12-10-17)21(22-19)16-6-4-3-5-7-16/h3-14H,1-2H3. The van der Waals surface area contributed by atoms with Gasteiger partial charge in [0, 0.05) is 11.3 Å². The maximum absolute atomic E-state index is 5.28. The van der Waals surface area contributed by atoms with Crippen LogP contribution in [0.2, 0.25) is 0 Å². The van der Waals surface area contributed by atoms with Crippen molar-refractivity contribution in [2.24, 2.45) is 0 Å². The zero-order valence-corrected chi connectivity index (χ0v) is 13.7. The minimum Gasteiger partial charge on any atom is -0.497 e.